The molecule has 0 heterocycles. The number of hydrogen-bond acceptors (Lipinski definition) is 2. The predicted octanol–water partition coefficient (Wildman–Crippen LogP) is 2.13. The Morgan fingerprint density at radius 1 is 1.20 bits per heavy atom. The summed E-state index contributed by atoms with van der Waals surface area (Å²) >= 11 is 0. The second-order valence-electron chi connectivity index (χ2n) is 4.21. The lowest BCUT2D eigenvalue weighted by atomic mass is 10.2. The van der Waals surface area contributed by atoms with Crippen LogP contribution in [0.4, 0.5) is 5.69 Å². The summed E-state index contributed by atoms with van der Waals surface area (Å²) in [5.41, 5.74) is 2.00. The summed E-state index contributed by atoms with van der Waals surface area (Å²) in [5.74, 6) is 0. The molecule has 0 radical (unpaired) electrons. The van der Waals surface area contributed by atoms with E-state index in [1.54, 1.807) is 0 Å². The summed E-state index contributed by atoms with van der Waals surface area (Å²) in [6, 6.07) is 7.69. The maximum atomic E-state index is 10.1. The lowest BCUT2D eigenvalue weighted by molar-refractivity contribution is -0.400. The first-order chi connectivity index (χ1) is 6.89. The van der Waals surface area contributed by atoms with E-state index in [1.165, 1.54) is 6.08 Å². The third-order valence-electron chi connectivity index (χ3n) is 2.06. The molecule has 0 unspecified atom stereocenters. The van der Waals surface area contributed by atoms with Gasteiger partial charge in [0.15, 0.2) is 0 Å². The van der Waals surface area contributed by atoms with Crippen molar-refractivity contribution in [2.45, 2.75) is 0 Å². The standard InChI is InChI=1S/C11H15N2O2/c1-13(2,3)11-6-4-10(5-7-11)8-9-12(14)15/h4-9H,1-3H3/q+1/b9-8+. The van der Waals surface area contributed by atoms with Crippen LogP contribution < -0.4 is 4.48 Å². The molecule has 0 N–H and O–H groups in total. The zero-order chi connectivity index (χ0) is 11.5. The van der Waals surface area contributed by atoms with Crippen LogP contribution in [0.15, 0.2) is 30.5 Å². The highest BCUT2D eigenvalue weighted by molar-refractivity contribution is 5.53. The Hall–Kier alpha value is -1.68. The number of quaternary nitrogens is 1. The smallest absolute Gasteiger partial charge is 0.235 e. The molecule has 0 saturated heterocycles. The molecule has 0 amide bonds. The second-order valence-corrected chi connectivity index (χ2v) is 4.21. The minimum absolute atomic E-state index is 0.465. The van der Waals surface area contributed by atoms with Gasteiger partial charge in [-0.3, -0.25) is 14.6 Å². The lowest BCUT2D eigenvalue weighted by Gasteiger charge is -2.23. The molecule has 0 bridgehead atoms. The minimum atomic E-state index is -0.465. The third kappa shape index (κ3) is 3.52. The van der Waals surface area contributed by atoms with Crippen LogP contribution in [0, 0.1) is 10.1 Å². The van der Waals surface area contributed by atoms with Crippen LogP contribution in [0.2, 0.25) is 0 Å². The fraction of sp³-hybridized carbons (Fsp3) is 0.273. The molecular formula is C11H15N2O2+. The van der Waals surface area contributed by atoms with Crippen molar-refractivity contribution in [2.75, 3.05) is 21.1 Å². The van der Waals surface area contributed by atoms with Crippen LogP contribution in [0.3, 0.4) is 0 Å². The van der Waals surface area contributed by atoms with Gasteiger partial charge in [-0.1, -0.05) is 0 Å². The second kappa shape index (κ2) is 4.23. The first kappa shape index (κ1) is 11.4. The molecule has 80 valence electrons. The Bertz CT molecular complexity index is 375. The normalized spacial score (nSPS) is 11.9. The number of rotatable bonds is 3. The summed E-state index contributed by atoms with van der Waals surface area (Å²) < 4.78 is 0.735. The molecule has 0 aliphatic rings. The molecule has 0 spiro atoms. The summed E-state index contributed by atoms with van der Waals surface area (Å²) in [6.45, 7) is 0. The van der Waals surface area contributed by atoms with Crippen molar-refractivity contribution in [3.05, 3.63) is 46.1 Å². The molecule has 15 heavy (non-hydrogen) atoms. The molecule has 4 heteroatoms. The summed E-state index contributed by atoms with van der Waals surface area (Å²) in [7, 11) is 6.21. The van der Waals surface area contributed by atoms with E-state index in [0.29, 0.717) is 0 Å². The average Bonchev–Trinajstić information content (AvgIpc) is 2.14. The van der Waals surface area contributed by atoms with Crippen LogP contribution >= 0.6 is 0 Å². The van der Waals surface area contributed by atoms with Crippen molar-refractivity contribution < 1.29 is 4.92 Å². The minimum Gasteiger partial charge on any atom is -0.298 e. The van der Waals surface area contributed by atoms with Gasteiger partial charge in [-0.25, -0.2) is 0 Å². The van der Waals surface area contributed by atoms with Crippen molar-refractivity contribution in [3.63, 3.8) is 0 Å². The highest BCUT2D eigenvalue weighted by Crippen LogP contribution is 2.17. The Balaban J connectivity index is 2.86. The molecule has 1 aromatic rings. The van der Waals surface area contributed by atoms with Gasteiger partial charge in [-0.2, -0.15) is 0 Å². The van der Waals surface area contributed by atoms with E-state index >= 15 is 0 Å². The van der Waals surface area contributed by atoms with Gasteiger partial charge in [0.25, 0.3) is 0 Å². The van der Waals surface area contributed by atoms with Gasteiger partial charge in [-0.05, 0) is 29.8 Å². The lowest BCUT2D eigenvalue weighted by Crippen LogP contribution is -2.34. The van der Waals surface area contributed by atoms with E-state index in [9.17, 15) is 10.1 Å². The number of hydrogen-bond donors (Lipinski definition) is 0. The summed E-state index contributed by atoms with van der Waals surface area (Å²) in [6.07, 6.45) is 2.43. The van der Waals surface area contributed by atoms with E-state index in [4.69, 9.17) is 0 Å². The van der Waals surface area contributed by atoms with Crippen LogP contribution in [0.5, 0.6) is 0 Å². The first-order valence-corrected chi connectivity index (χ1v) is 4.63. The maximum Gasteiger partial charge on any atom is 0.235 e. The van der Waals surface area contributed by atoms with Crippen LogP contribution in [0.1, 0.15) is 5.56 Å². The van der Waals surface area contributed by atoms with Gasteiger partial charge in [0.1, 0.15) is 5.69 Å². The molecule has 0 aliphatic carbocycles. The third-order valence-corrected chi connectivity index (χ3v) is 2.06. The van der Waals surface area contributed by atoms with Gasteiger partial charge in [0.05, 0.1) is 26.1 Å². The molecule has 1 rings (SSSR count). The zero-order valence-corrected chi connectivity index (χ0v) is 9.18. The zero-order valence-electron chi connectivity index (χ0n) is 9.18. The Kier molecular flexibility index (Phi) is 3.21. The van der Waals surface area contributed by atoms with Gasteiger partial charge >= 0.3 is 0 Å². The fourth-order valence-corrected chi connectivity index (χ4v) is 1.18. The maximum absolute atomic E-state index is 10.1. The van der Waals surface area contributed by atoms with E-state index in [-0.39, 0.29) is 0 Å². The van der Waals surface area contributed by atoms with Crippen molar-refractivity contribution >= 4 is 11.8 Å². The van der Waals surface area contributed by atoms with Crippen LogP contribution in [-0.2, 0) is 0 Å². The average molecular weight is 207 g/mol. The van der Waals surface area contributed by atoms with E-state index in [2.05, 4.69) is 21.1 Å². The largest absolute Gasteiger partial charge is 0.298 e. The van der Waals surface area contributed by atoms with E-state index in [0.717, 1.165) is 21.9 Å². The monoisotopic (exact) mass is 207 g/mol. The summed E-state index contributed by atoms with van der Waals surface area (Å²) in [5, 5.41) is 10.1. The SMILES string of the molecule is C[N+](C)(C)c1ccc(/C=C/[N+](=O)[O-])cc1. The number of nitrogens with zero attached hydrogens (tertiary/aromatic N) is 2. The van der Waals surface area contributed by atoms with Crippen molar-refractivity contribution in [1.82, 2.24) is 4.48 Å². The van der Waals surface area contributed by atoms with Crippen molar-refractivity contribution in [1.29, 1.82) is 0 Å². The Labute approximate surface area is 89.2 Å². The highest BCUT2D eigenvalue weighted by atomic mass is 16.6. The van der Waals surface area contributed by atoms with Crippen LogP contribution in [-0.4, -0.2) is 26.1 Å². The van der Waals surface area contributed by atoms with Crippen LogP contribution in [0.25, 0.3) is 6.08 Å². The predicted molar refractivity (Wildman–Crippen MR) is 62.0 cm³/mol. The van der Waals surface area contributed by atoms with Crippen molar-refractivity contribution in [2.24, 2.45) is 0 Å². The topological polar surface area (TPSA) is 43.1 Å². The Morgan fingerprint density at radius 3 is 2.13 bits per heavy atom. The molecule has 0 aliphatic heterocycles. The van der Waals surface area contributed by atoms with E-state index < -0.39 is 4.92 Å². The van der Waals surface area contributed by atoms with Gasteiger partial charge in [0.2, 0.25) is 6.20 Å². The quantitative estimate of drug-likeness (QED) is 0.433. The van der Waals surface area contributed by atoms with Gasteiger partial charge in [0, 0.05) is 6.08 Å². The fourth-order valence-electron chi connectivity index (χ4n) is 1.18. The van der Waals surface area contributed by atoms with E-state index in [1.807, 2.05) is 24.3 Å². The molecule has 0 aromatic heterocycles. The number of nitro groups is 1. The number of benzene rings is 1. The molecule has 0 fully saturated rings. The van der Waals surface area contributed by atoms with Gasteiger partial charge in [-0.15, -0.1) is 0 Å². The molecule has 4 nitrogen and oxygen atoms in total. The van der Waals surface area contributed by atoms with Gasteiger partial charge < -0.3 is 0 Å². The first-order valence-electron chi connectivity index (χ1n) is 4.63. The van der Waals surface area contributed by atoms with Crippen molar-refractivity contribution in [3.8, 4) is 0 Å². The molecule has 1 aromatic carbocycles. The Morgan fingerprint density at radius 2 is 1.73 bits per heavy atom. The summed E-state index contributed by atoms with van der Waals surface area (Å²) in [4.78, 5) is 9.65. The molecule has 0 saturated carbocycles. The highest BCUT2D eigenvalue weighted by Gasteiger charge is 2.10. The molecular weight excluding hydrogens is 192 g/mol. The molecule has 0 atom stereocenters.